The summed E-state index contributed by atoms with van der Waals surface area (Å²) in [4.78, 5) is 0. The van der Waals surface area contributed by atoms with E-state index in [0.29, 0.717) is 0 Å². The van der Waals surface area contributed by atoms with Crippen molar-refractivity contribution in [2.45, 2.75) is 71.1 Å². The maximum atomic E-state index is 2.29. The number of unbranched alkanes of at least 4 members (excludes halogenated alkanes) is 4. The van der Waals surface area contributed by atoms with Gasteiger partial charge in [-0.05, 0) is 42.7 Å². The van der Waals surface area contributed by atoms with Crippen LogP contribution >= 0.6 is 0 Å². The fourth-order valence-electron chi connectivity index (χ4n) is 3.50. The van der Waals surface area contributed by atoms with E-state index in [4.69, 9.17) is 0 Å². The lowest BCUT2D eigenvalue weighted by atomic mass is 9.89. The standard InChI is InChI=1S/C24H34/c1-2-3-4-5-8-17-24(20-18-22-13-9-6-10-14-22)21-19-23-15-11-7-12-16-23/h6-7,9-16,24H,2-5,8,17-21H2,1H3. The van der Waals surface area contributed by atoms with Gasteiger partial charge in [0.1, 0.15) is 0 Å². The monoisotopic (exact) mass is 322 g/mol. The van der Waals surface area contributed by atoms with Crippen LogP contribution in [-0.4, -0.2) is 0 Å². The number of rotatable bonds is 12. The Balaban J connectivity index is 1.78. The highest BCUT2D eigenvalue weighted by molar-refractivity contribution is 5.15. The summed E-state index contributed by atoms with van der Waals surface area (Å²) in [5.41, 5.74) is 2.99. The highest BCUT2D eigenvalue weighted by atomic mass is 14.1. The zero-order valence-electron chi connectivity index (χ0n) is 15.4. The molecule has 0 nitrogen and oxygen atoms in total. The summed E-state index contributed by atoms with van der Waals surface area (Å²) in [6.45, 7) is 2.29. The zero-order chi connectivity index (χ0) is 16.9. The summed E-state index contributed by atoms with van der Waals surface area (Å²) < 4.78 is 0. The molecule has 130 valence electrons. The van der Waals surface area contributed by atoms with Crippen LogP contribution in [0, 0.1) is 5.92 Å². The van der Waals surface area contributed by atoms with Crippen LogP contribution in [0.5, 0.6) is 0 Å². The van der Waals surface area contributed by atoms with Crippen LogP contribution < -0.4 is 0 Å². The van der Waals surface area contributed by atoms with Crippen molar-refractivity contribution in [3.05, 3.63) is 71.8 Å². The van der Waals surface area contributed by atoms with Gasteiger partial charge in [0.2, 0.25) is 0 Å². The molecule has 0 aliphatic rings. The second-order valence-corrected chi connectivity index (χ2v) is 7.12. The average Bonchev–Trinajstić information content (AvgIpc) is 2.65. The molecule has 24 heavy (non-hydrogen) atoms. The van der Waals surface area contributed by atoms with Gasteiger partial charge in [-0.25, -0.2) is 0 Å². The highest BCUT2D eigenvalue weighted by Gasteiger charge is 2.09. The molecule has 0 saturated heterocycles. The first-order valence-electron chi connectivity index (χ1n) is 9.96. The van der Waals surface area contributed by atoms with Gasteiger partial charge in [-0.2, -0.15) is 0 Å². The van der Waals surface area contributed by atoms with Gasteiger partial charge in [0.05, 0.1) is 0 Å². The van der Waals surface area contributed by atoms with Crippen molar-refractivity contribution in [1.29, 1.82) is 0 Å². The topological polar surface area (TPSA) is 0 Å². The van der Waals surface area contributed by atoms with Crippen LogP contribution in [-0.2, 0) is 12.8 Å². The minimum atomic E-state index is 0.868. The fourth-order valence-corrected chi connectivity index (χ4v) is 3.50. The Morgan fingerprint density at radius 1 is 0.583 bits per heavy atom. The molecule has 0 heterocycles. The van der Waals surface area contributed by atoms with E-state index in [1.54, 1.807) is 0 Å². The molecule has 0 fully saturated rings. The molecule has 0 amide bonds. The molecular weight excluding hydrogens is 288 g/mol. The van der Waals surface area contributed by atoms with Crippen LogP contribution in [0.15, 0.2) is 60.7 Å². The summed E-state index contributed by atoms with van der Waals surface area (Å²) in [6.07, 6.45) is 13.5. The number of hydrogen-bond acceptors (Lipinski definition) is 0. The van der Waals surface area contributed by atoms with Crippen molar-refractivity contribution in [3.8, 4) is 0 Å². The van der Waals surface area contributed by atoms with Gasteiger partial charge in [0.15, 0.2) is 0 Å². The second-order valence-electron chi connectivity index (χ2n) is 7.12. The maximum Gasteiger partial charge on any atom is -0.0276 e. The van der Waals surface area contributed by atoms with E-state index in [0.717, 1.165) is 5.92 Å². The molecular formula is C24H34. The van der Waals surface area contributed by atoms with E-state index >= 15 is 0 Å². The molecule has 0 heteroatoms. The number of aryl methyl sites for hydroxylation is 2. The van der Waals surface area contributed by atoms with Gasteiger partial charge in [0, 0.05) is 0 Å². The molecule has 0 aliphatic heterocycles. The molecule has 0 spiro atoms. The van der Waals surface area contributed by atoms with Crippen LogP contribution in [0.2, 0.25) is 0 Å². The van der Waals surface area contributed by atoms with Crippen molar-refractivity contribution < 1.29 is 0 Å². The van der Waals surface area contributed by atoms with Gasteiger partial charge in [-0.1, -0.05) is 106 Å². The summed E-state index contributed by atoms with van der Waals surface area (Å²) in [7, 11) is 0. The predicted molar refractivity (Wildman–Crippen MR) is 106 cm³/mol. The van der Waals surface area contributed by atoms with Crippen LogP contribution in [0.1, 0.15) is 69.4 Å². The molecule has 2 aromatic carbocycles. The van der Waals surface area contributed by atoms with E-state index in [1.807, 2.05) is 0 Å². The summed E-state index contributed by atoms with van der Waals surface area (Å²) in [6, 6.07) is 22.0. The van der Waals surface area contributed by atoms with E-state index in [2.05, 4.69) is 67.6 Å². The molecule has 0 bridgehead atoms. The maximum absolute atomic E-state index is 2.29. The van der Waals surface area contributed by atoms with Crippen LogP contribution in [0.25, 0.3) is 0 Å². The normalized spacial score (nSPS) is 11.1. The minimum Gasteiger partial charge on any atom is -0.0654 e. The van der Waals surface area contributed by atoms with Crippen LogP contribution in [0.3, 0.4) is 0 Å². The first-order valence-corrected chi connectivity index (χ1v) is 9.96. The van der Waals surface area contributed by atoms with Crippen molar-refractivity contribution in [2.24, 2.45) is 5.92 Å². The predicted octanol–water partition coefficient (Wildman–Crippen LogP) is 7.23. The molecule has 0 N–H and O–H groups in total. The zero-order valence-corrected chi connectivity index (χ0v) is 15.4. The molecule has 0 unspecified atom stereocenters. The lowest BCUT2D eigenvalue weighted by Gasteiger charge is -2.17. The van der Waals surface area contributed by atoms with Gasteiger partial charge >= 0.3 is 0 Å². The summed E-state index contributed by atoms with van der Waals surface area (Å²) in [5.74, 6) is 0.868. The summed E-state index contributed by atoms with van der Waals surface area (Å²) in [5, 5.41) is 0. The fraction of sp³-hybridized carbons (Fsp3) is 0.500. The highest BCUT2D eigenvalue weighted by Crippen LogP contribution is 2.22. The van der Waals surface area contributed by atoms with Crippen molar-refractivity contribution in [2.75, 3.05) is 0 Å². The third-order valence-electron chi connectivity index (χ3n) is 5.08. The minimum absolute atomic E-state index is 0.868. The van der Waals surface area contributed by atoms with Crippen molar-refractivity contribution in [3.63, 3.8) is 0 Å². The average molecular weight is 323 g/mol. The smallest absolute Gasteiger partial charge is 0.0276 e. The quantitative estimate of drug-likeness (QED) is 0.362. The summed E-state index contributed by atoms with van der Waals surface area (Å²) >= 11 is 0. The second kappa shape index (κ2) is 11.9. The first-order chi connectivity index (χ1) is 11.9. The van der Waals surface area contributed by atoms with E-state index < -0.39 is 0 Å². The van der Waals surface area contributed by atoms with E-state index in [9.17, 15) is 0 Å². The van der Waals surface area contributed by atoms with Crippen molar-refractivity contribution in [1.82, 2.24) is 0 Å². The van der Waals surface area contributed by atoms with Crippen molar-refractivity contribution >= 4 is 0 Å². The van der Waals surface area contributed by atoms with Gasteiger partial charge < -0.3 is 0 Å². The molecule has 2 rings (SSSR count). The Hall–Kier alpha value is -1.56. The third kappa shape index (κ3) is 7.81. The van der Waals surface area contributed by atoms with Gasteiger partial charge in [-0.15, -0.1) is 0 Å². The number of hydrogen-bond donors (Lipinski definition) is 0. The van der Waals surface area contributed by atoms with Crippen LogP contribution in [0.4, 0.5) is 0 Å². The first kappa shape index (κ1) is 18.8. The van der Waals surface area contributed by atoms with E-state index in [-0.39, 0.29) is 0 Å². The lowest BCUT2D eigenvalue weighted by Crippen LogP contribution is -2.05. The Morgan fingerprint density at radius 2 is 1.08 bits per heavy atom. The third-order valence-corrected chi connectivity index (χ3v) is 5.08. The molecule has 0 saturated carbocycles. The Morgan fingerprint density at radius 3 is 1.58 bits per heavy atom. The molecule has 0 aliphatic carbocycles. The van der Waals surface area contributed by atoms with E-state index in [1.165, 1.54) is 75.3 Å². The molecule has 2 aromatic rings. The van der Waals surface area contributed by atoms with Gasteiger partial charge in [-0.3, -0.25) is 0 Å². The Bertz CT molecular complexity index is 471. The Kier molecular flexibility index (Phi) is 9.31. The SMILES string of the molecule is CCCCCCCC(CCc1ccccc1)CCc1ccccc1. The largest absolute Gasteiger partial charge is 0.0654 e. The number of benzene rings is 2. The molecule has 0 atom stereocenters. The lowest BCUT2D eigenvalue weighted by molar-refractivity contribution is 0.399. The Labute approximate surface area is 149 Å². The van der Waals surface area contributed by atoms with Gasteiger partial charge in [0.25, 0.3) is 0 Å². The molecule has 0 aromatic heterocycles. The molecule has 0 radical (unpaired) electrons.